The fourth-order valence-corrected chi connectivity index (χ4v) is 18.2. The molecule has 2 fully saturated rings. The molecular weight excluding hydrogens is 1720 g/mol. The molecule has 0 spiro atoms. The second-order valence-corrected chi connectivity index (χ2v) is 38.0. The van der Waals surface area contributed by atoms with Crippen LogP contribution in [-0.2, 0) is 30.1 Å². The highest BCUT2D eigenvalue weighted by atomic mass is 16.7. The quantitative estimate of drug-likeness (QED) is 0.0348. The zero-order valence-corrected chi connectivity index (χ0v) is 84.8. The molecule has 0 heterocycles. The number of methoxy groups -OCH3 is 1. The number of hydrogen-bond donors (Lipinski definition) is 0. The van der Waals surface area contributed by atoms with Crippen LogP contribution in [0.3, 0.4) is 0 Å². The fraction of sp³-hybridized carbons (Fsp3) is 0.338. The SMILES string of the molecule is CCC(C)c1ccc(OC(OC)c2ccc3ccccc3c2)cc1.CCC(C)c1ccc(OC(OC2CCCCC2)c2ccc3ccccc3c2)cc1.CCC(C)c1ccc(OC(OCCC2CCCCC2)c2ccc3ccccc3c2)cc1.CCC(C)c1ccc(OC(OCCc2ccccc2)c2ccc3ccccc3c2)cc1.CCOC(Oc1ccc(C(C)CC)cc1)c1ccc2ccccc2c1. The molecule has 0 N–H and O–H groups in total. The zero-order valence-electron chi connectivity index (χ0n) is 84.8. The Morgan fingerprint density at radius 2 is 0.486 bits per heavy atom. The van der Waals surface area contributed by atoms with Gasteiger partial charge in [0, 0.05) is 41.5 Å². The van der Waals surface area contributed by atoms with Crippen molar-refractivity contribution >= 4 is 53.9 Å². The summed E-state index contributed by atoms with van der Waals surface area (Å²) < 4.78 is 61.9. The number of ether oxygens (including phenoxy) is 10. The van der Waals surface area contributed by atoms with Gasteiger partial charge in [-0.15, -0.1) is 0 Å². The summed E-state index contributed by atoms with van der Waals surface area (Å²) in [5.74, 6) is 7.83. The molecule has 0 amide bonds. The van der Waals surface area contributed by atoms with E-state index in [2.05, 4.69) is 391 Å². The van der Waals surface area contributed by atoms with Crippen molar-refractivity contribution < 1.29 is 47.4 Å². The molecule has 0 saturated heterocycles. The Morgan fingerprint density at radius 1 is 0.236 bits per heavy atom. The maximum Gasteiger partial charge on any atom is 0.226 e. The third-order valence-electron chi connectivity index (χ3n) is 28.2. The second-order valence-electron chi connectivity index (χ2n) is 38.0. The minimum absolute atomic E-state index is 0.277. The van der Waals surface area contributed by atoms with E-state index in [1.54, 1.807) is 7.11 Å². The number of fused-ring (bicyclic) bond motifs is 5. The van der Waals surface area contributed by atoms with E-state index in [-0.39, 0.29) is 18.7 Å². The molecule has 0 bridgehead atoms. The molecule has 2 saturated carbocycles. The Balaban J connectivity index is 0.000000140. The van der Waals surface area contributed by atoms with Crippen molar-refractivity contribution in [3.8, 4) is 28.7 Å². The van der Waals surface area contributed by atoms with Crippen molar-refractivity contribution in [2.45, 2.75) is 252 Å². The normalized spacial score (nSPS) is 14.9. The van der Waals surface area contributed by atoms with Crippen LogP contribution in [0.15, 0.2) is 364 Å². The lowest BCUT2D eigenvalue weighted by atomic mass is 9.87. The minimum Gasteiger partial charge on any atom is -0.461 e. The highest BCUT2D eigenvalue weighted by Gasteiger charge is 2.26. The highest BCUT2D eigenvalue weighted by Crippen LogP contribution is 2.39. The van der Waals surface area contributed by atoms with Gasteiger partial charge in [-0.3, -0.25) is 0 Å². The van der Waals surface area contributed by atoms with Crippen LogP contribution in [0.25, 0.3) is 53.9 Å². The molecule has 0 radical (unpaired) electrons. The van der Waals surface area contributed by atoms with Crippen molar-refractivity contribution in [2.24, 2.45) is 5.92 Å². The van der Waals surface area contributed by atoms with Gasteiger partial charge in [0.25, 0.3) is 0 Å². The van der Waals surface area contributed by atoms with Crippen molar-refractivity contribution in [1.29, 1.82) is 0 Å². The van der Waals surface area contributed by atoms with Gasteiger partial charge >= 0.3 is 0 Å². The Bertz CT molecular complexity index is 6330. The molecule has 10 atom stereocenters. The molecule has 0 aromatic heterocycles. The summed E-state index contributed by atoms with van der Waals surface area (Å²) in [7, 11) is 1.67. The van der Waals surface area contributed by atoms with Gasteiger partial charge < -0.3 is 47.4 Å². The average Bonchev–Trinajstić information content (AvgIpc) is 0.854. The standard InChI is InChI=1S/C29H36O2.C29H30O2.C27H32O2.C23H26O2.C22H24O2/c2*1-3-22(2)24-15-17-28(18-16-24)31-29(30-20-19-23-9-5-4-6-10-23)27-14-13-25-11-7-8-12-26(25)21-27;1-3-20(2)21-15-17-26(18-16-21)29-27(28-25-11-5-4-6-12-25)24-14-13-22-9-7-8-10-23(22)19-24;1-4-17(3)18-12-14-22(15-13-18)25-23(24-5-2)21-11-10-19-8-6-7-9-20(19)16-21;1-4-16(2)17-11-13-21(14-12-17)24-22(23-3)20-10-9-18-7-5-6-8-19(18)15-20/h7-8,11-18,21-23,29H,3-6,9-10,19-20H2,1-2H3;4-18,21-22,29H,3,19-20H2,1-2H3;7-10,13-20,25,27H,3-6,11-12H2,1-2H3;6-17,23H,4-5H2,1-3H3;5-16,22H,4H2,1-3H3. The second kappa shape index (κ2) is 54.4. The molecule has 10 nitrogen and oxygen atoms in total. The zero-order chi connectivity index (χ0) is 97.6. The molecule has 728 valence electrons. The van der Waals surface area contributed by atoms with Gasteiger partial charge in [-0.05, 0) is 278 Å². The Labute approximate surface area is 835 Å². The Kier molecular flexibility index (Phi) is 40.2. The summed E-state index contributed by atoms with van der Waals surface area (Å²) in [5.41, 5.74) is 13.2. The van der Waals surface area contributed by atoms with E-state index in [1.807, 2.05) is 49.4 Å². The third kappa shape index (κ3) is 30.6. The Morgan fingerprint density at radius 3 is 0.786 bits per heavy atom. The summed E-state index contributed by atoms with van der Waals surface area (Å²) in [6.07, 6.45) is 18.8. The molecule has 10 unspecified atom stereocenters. The van der Waals surface area contributed by atoms with Crippen molar-refractivity contribution in [2.75, 3.05) is 26.9 Å². The molecule has 2 aliphatic rings. The van der Waals surface area contributed by atoms with Crippen LogP contribution in [0, 0.1) is 5.92 Å². The summed E-state index contributed by atoms with van der Waals surface area (Å²) in [6.45, 7) is 26.3. The van der Waals surface area contributed by atoms with E-state index >= 15 is 0 Å². The van der Waals surface area contributed by atoms with Crippen LogP contribution in [0.5, 0.6) is 28.7 Å². The van der Waals surface area contributed by atoms with Gasteiger partial charge in [-0.1, -0.05) is 394 Å². The minimum atomic E-state index is -0.456. The van der Waals surface area contributed by atoms with E-state index in [1.165, 1.54) is 139 Å². The first-order valence-corrected chi connectivity index (χ1v) is 51.9. The maximum absolute atomic E-state index is 6.51. The van der Waals surface area contributed by atoms with Gasteiger partial charge in [0.2, 0.25) is 31.5 Å². The summed E-state index contributed by atoms with van der Waals surface area (Å²) in [4.78, 5) is 0. The monoisotopic (exact) mass is 1870 g/mol. The van der Waals surface area contributed by atoms with Crippen LogP contribution >= 0.6 is 0 Å². The largest absolute Gasteiger partial charge is 0.461 e. The summed E-state index contributed by atoms with van der Waals surface area (Å²) in [6, 6.07) is 127. The van der Waals surface area contributed by atoms with Crippen molar-refractivity contribution in [3.05, 3.63) is 425 Å². The topological polar surface area (TPSA) is 92.3 Å². The number of hydrogen-bond acceptors (Lipinski definition) is 10. The first-order valence-electron chi connectivity index (χ1n) is 51.9. The molecule has 2 aliphatic carbocycles. The third-order valence-corrected chi connectivity index (χ3v) is 28.2. The van der Waals surface area contributed by atoms with Gasteiger partial charge in [0.15, 0.2) is 0 Å². The average molecular weight is 1870 g/mol. The van der Waals surface area contributed by atoms with E-state index in [4.69, 9.17) is 47.4 Å². The summed E-state index contributed by atoms with van der Waals surface area (Å²) in [5, 5.41) is 12.1. The molecule has 10 heteroatoms. The molecule has 0 aliphatic heterocycles. The van der Waals surface area contributed by atoms with Gasteiger partial charge in [-0.25, -0.2) is 0 Å². The maximum atomic E-state index is 6.51. The fourth-order valence-electron chi connectivity index (χ4n) is 18.2. The number of rotatable bonds is 38. The van der Waals surface area contributed by atoms with Gasteiger partial charge in [0.1, 0.15) is 28.7 Å². The van der Waals surface area contributed by atoms with E-state index in [9.17, 15) is 0 Å². The van der Waals surface area contributed by atoms with E-state index in [0.29, 0.717) is 42.8 Å². The van der Waals surface area contributed by atoms with E-state index in [0.717, 1.165) is 127 Å². The van der Waals surface area contributed by atoms with Gasteiger partial charge in [-0.2, -0.15) is 0 Å². The van der Waals surface area contributed by atoms with Crippen LogP contribution in [0.1, 0.15) is 301 Å². The smallest absolute Gasteiger partial charge is 0.226 e. The predicted molar refractivity (Wildman–Crippen MR) is 582 cm³/mol. The molecular formula is C130H148O10. The first-order chi connectivity index (χ1) is 68.6. The molecule has 16 aromatic rings. The van der Waals surface area contributed by atoms with Crippen LogP contribution in [-0.4, -0.2) is 33.0 Å². The van der Waals surface area contributed by atoms with Gasteiger partial charge in [0.05, 0.1) is 19.3 Å². The van der Waals surface area contributed by atoms with Crippen LogP contribution < -0.4 is 23.7 Å². The van der Waals surface area contributed by atoms with Crippen LogP contribution in [0.2, 0.25) is 0 Å². The Hall–Kier alpha value is -12.4. The molecule has 16 aromatic carbocycles. The number of benzene rings is 16. The van der Waals surface area contributed by atoms with Crippen molar-refractivity contribution in [1.82, 2.24) is 0 Å². The highest BCUT2D eigenvalue weighted by molar-refractivity contribution is 5.86. The summed E-state index contributed by atoms with van der Waals surface area (Å²) >= 11 is 0. The van der Waals surface area contributed by atoms with E-state index < -0.39 is 18.9 Å². The molecule has 140 heavy (non-hydrogen) atoms. The lowest BCUT2D eigenvalue weighted by Crippen LogP contribution is -2.23. The lowest BCUT2D eigenvalue weighted by molar-refractivity contribution is -0.131. The predicted octanol–water partition coefficient (Wildman–Crippen LogP) is 36.4. The lowest BCUT2D eigenvalue weighted by Gasteiger charge is -2.28. The van der Waals surface area contributed by atoms with Crippen molar-refractivity contribution in [3.63, 3.8) is 0 Å². The van der Waals surface area contributed by atoms with Crippen LogP contribution in [0.4, 0.5) is 0 Å². The molecule has 18 rings (SSSR count). The first kappa shape index (κ1) is 103.